The maximum atomic E-state index is 2.45. The maximum absolute atomic E-state index is 2.45. The first-order chi connectivity index (χ1) is 11.4. The number of rotatable bonds is 16. The first kappa shape index (κ1) is 23.6. The van der Waals surface area contributed by atoms with Crippen LogP contribution in [0.5, 0.6) is 0 Å². The van der Waals surface area contributed by atoms with Crippen molar-refractivity contribution in [3.8, 4) is 0 Å². The van der Waals surface area contributed by atoms with Crippen LogP contribution in [0.2, 0.25) is 0 Å². The molecule has 0 aromatic heterocycles. The van der Waals surface area contributed by atoms with E-state index in [0.29, 0.717) is 0 Å². The van der Waals surface area contributed by atoms with E-state index < -0.39 is 0 Å². The van der Waals surface area contributed by atoms with Gasteiger partial charge in [-0.05, 0) is 13.3 Å². The van der Waals surface area contributed by atoms with Gasteiger partial charge in [-0.2, -0.15) is 0 Å². The minimum atomic E-state index is 0. The molecule has 0 fully saturated rings. The molecule has 1 aliphatic heterocycles. The molecule has 0 bridgehead atoms. The molecule has 0 amide bonds. The third kappa shape index (κ3) is 13.0. The van der Waals surface area contributed by atoms with E-state index in [9.17, 15) is 0 Å². The van der Waals surface area contributed by atoms with Gasteiger partial charge in [0.15, 0.2) is 0 Å². The summed E-state index contributed by atoms with van der Waals surface area (Å²) in [6.45, 7) is 8.00. The zero-order chi connectivity index (χ0) is 16.6. The van der Waals surface area contributed by atoms with Gasteiger partial charge in [-0.15, -0.1) is 12.4 Å². The topological polar surface area (TPSA) is 6.48 Å². The molecule has 0 unspecified atom stereocenters. The zero-order valence-electron chi connectivity index (χ0n) is 16.5. The summed E-state index contributed by atoms with van der Waals surface area (Å²) in [5.74, 6) is 0. The monoisotopic (exact) mass is 358 g/mol. The lowest BCUT2D eigenvalue weighted by Gasteiger charge is -2.19. The standard InChI is InChI=1S/C21H42N2.ClH/c1-3-5-6-7-8-9-10-11-12-13-14-15-16-17-18-23-20-19-22(4-2)21-23;/h19-20H,3-18,21H2,1-2H3;1H. The first-order valence-electron chi connectivity index (χ1n) is 10.5. The van der Waals surface area contributed by atoms with Crippen molar-refractivity contribution in [1.82, 2.24) is 9.80 Å². The highest BCUT2D eigenvalue weighted by Crippen LogP contribution is 2.13. The molecule has 0 atom stereocenters. The lowest BCUT2D eigenvalue weighted by Crippen LogP contribution is -2.25. The average Bonchev–Trinajstić information content (AvgIpc) is 3.03. The fraction of sp³-hybridized carbons (Fsp3) is 0.905. The lowest BCUT2D eigenvalue weighted by molar-refractivity contribution is 0.268. The van der Waals surface area contributed by atoms with Gasteiger partial charge in [0.2, 0.25) is 0 Å². The second-order valence-corrected chi connectivity index (χ2v) is 7.25. The van der Waals surface area contributed by atoms with Crippen molar-refractivity contribution in [3.63, 3.8) is 0 Å². The van der Waals surface area contributed by atoms with Crippen LogP contribution in [0.3, 0.4) is 0 Å². The van der Waals surface area contributed by atoms with E-state index in [-0.39, 0.29) is 12.4 Å². The Morgan fingerprint density at radius 2 is 1.00 bits per heavy atom. The fourth-order valence-electron chi connectivity index (χ4n) is 3.38. The molecule has 0 saturated carbocycles. The maximum Gasteiger partial charge on any atom is 0.0893 e. The minimum absolute atomic E-state index is 0. The second-order valence-electron chi connectivity index (χ2n) is 7.25. The Hall–Kier alpha value is -0.370. The van der Waals surface area contributed by atoms with Gasteiger partial charge >= 0.3 is 0 Å². The largest absolute Gasteiger partial charge is 0.359 e. The van der Waals surface area contributed by atoms with Crippen LogP contribution >= 0.6 is 12.4 Å². The molecule has 0 saturated heterocycles. The van der Waals surface area contributed by atoms with Crippen molar-refractivity contribution < 1.29 is 0 Å². The number of hydrogen-bond donors (Lipinski definition) is 0. The third-order valence-corrected chi connectivity index (χ3v) is 5.06. The van der Waals surface area contributed by atoms with E-state index >= 15 is 0 Å². The molecule has 0 N–H and O–H groups in total. The summed E-state index contributed by atoms with van der Waals surface area (Å²) < 4.78 is 0. The number of unbranched alkanes of at least 4 members (excludes halogenated alkanes) is 13. The van der Waals surface area contributed by atoms with Crippen LogP contribution in [0.4, 0.5) is 0 Å². The van der Waals surface area contributed by atoms with Crippen molar-refractivity contribution >= 4 is 12.4 Å². The van der Waals surface area contributed by atoms with Gasteiger partial charge in [-0.1, -0.05) is 90.4 Å². The van der Waals surface area contributed by atoms with Crippen molar-refractivity contribution in [3.05, 3.63) is 12.4 Å². The number of halogens is 1. The smallest absolute Gasteiger partial charge is 0.0893 e. The van der Waals surface area contributed by atoms with Gasteiger partial charge in [0, 0.05) is 25.5 Å². The summed E-state index contributed by atoms with van der Waals surface area (Å²) in [7, 11) is 0. The summed E-state index contributed by atoms with van der Waals surface area (Å²) in [6.07, 6.45) is 24.7. The van der Waals surface area contributed by atoms with Crippen LogP contribution in [0.15, 0.2) is 12.4 Å². The highest BCUT2D eigenvalue weighted by Gasteiger charge is 2.08. The Balaban J connectivity index is 0.00000529. The Kier molecular flexibility index (Phi) is 17.2. The van der Waals surface area contributed by atoms with E-state index in [1.807, 2.05) is 0 Å². The molecule has 3 heteroatoms. The Labute approximate surface area is 158 Å². The molecule has 24 heavy (non-hydrogen) atoms. The van der Waals surface area contributed by atoms with Gasteiger partial charge in [-0.25, -0.2) is 0 Å². The van der Waals surface area contributed by atoms with E-state index in [1.165, 1.54) is 96.4 Å². The normalized spacial score (nSPS) is 13.6. The molecule has 0 aromatic carbocycles. The molecule has 1 aliphatic rings. The highest BCUT2D eigenvalue weighted by atomic mass is 35.5. The Morgan fingerprint density at radius 3 is 1.42 bits per heavy atom. The quantitative estimate of drug-likeness (QED) is 0.275. The molecular formula is C21H43ClN2. The summed E-state index contributed by atoms with van der Waals surface area (Å²) in [5.41, 5.74) is 0. The van der Waals surface area contributed by atoms with Gasteiger partial charge in [0.25, 0.3) is 0 Å². The molecule has 144 valence electrons. The summed E-state index contributed by atoms with van der Waals surface area (Å²) >= 11 is 0. The van der Waals surface area contributed by atoms with Crippen LogP contribution in [0, 0.1) is 0 Å². The van der Waals surface area contributed by atoms with Crippen molar-refractivity contribution in [2.45, 2.75) is 104 Å². The summed E-state index contributed by atoms with van der Waals surface area (Å²) in [6, 6.07) is 0. The minimum Gasteiger partial charge on any atom is -0.359 e. The van der Waals surface area contributed by atoms with Gasteiger partial charge in [0.1, 0.15) is 0 Å². The Bertz CT molecular complexity index is 281. The van der Waals surface area contributed by atoms with Crippen molar-refractivity contribution in [2.75, 3.05) is 19.8 Å². The molecule has 2 nitrogen and oxygen atoms in total. The van der Waals surface area contributed by atoms with Crippen LogP contribution in [-0.2, 0) is 0 Å². The van der Waals surface area contributed by atoms with Gasteiger partial charge < -0.3 is 9.80 Å². The molecule has 0 radical (unpaired) electrons. The van der Waals surface area contributed by atoms with E-state index in [4.69, 9.17) is 0 Å². The van der Waals surface area contributed by atoms with Crippen LogP contribution in [0.25, 0.3) is 0 Å². The average molecular weight is 359 g/mol. The molecule has 0 aliphatic carbocycles. The summed E-state index contributed by atoms with van der Waals surface area (Å²) in [5, 5.41) is 0. The van der Waals surface area contributed by atoms with E-state index in [0.717, 1.165) is 13.2 Å². The first-order valence-corrected chi connectivity index (χ1v) is 10.5. The summed E-state index contributed by atoms with van der Waals surface area (Å²) in [4.78, 5) is 4.81. The lowest BCUT2D eigenvalue weighted by atomic mass is 10.0. The van der Waals surface area contributed by atoms with E-state index in [2.05, 4.69) is 36.0 Å². The van der Waals surface area contributed by atoms with Crippen LogP contribution in [0.1, 0.15) is 104 Å². The van der Waals surface area contributed by atoms with Gasteiger partial charge in [0.05, 0.1) is 6.67 Å². The number of hydrogen-bond acceptors (Lipinski definition) is 2. The number of nitrogens with zero attached hydrogens (tertiary/aromatic N) is 2. The van der Waals surface area contributed by atoms with Crippen LogP contribution in [-0.4, -0.2) is 29.6 Å². The molecule has 0 aromatic rings. The van der Waals surface area contributed by atoms with E-state index in [1.54, 1.807) is 0 Å². The highest BCUT2D eigenvalue weighted by molar-refractivity contribution is 5.85. The molecule has 1 heterocycles. The van der Waals surface area contributed by atoms with Gasteiger partial charge in [-0.3, -0.25) is 0 Å². The molecule has 1 rings (SSSR count). The zero-order valence-corrected chi connectivity index (χ0v) is 17.3. The van der Waals surface area contributed by atoms with Crippen molar-refractivity contribution in [2.24, 2.45) is 0 Å². The predicted octanol–water partition coefficient (Wildman–Crippen LogP) is 6.96. The molecule has 0 spiro atoms. The SMILES string of the molecule is CCCCCCCCCCCCCCCCN1C=CN(CC)C1.Cl. The third-order valence-electron chi connectivity index (χ3n) is 5.06. The predicted molar refractivity (Wildman–Crippen MR) is 111 cm³/mol. The Morgan fingerprint density at radius 1 is 0.583 bits per heavy atom. The molecular weight excluding hydrogens is 316 g/mol. The van der Waals surface area contributed by atoms with Crippen LogP contribution < -0.4 is 0 Å². The van der Waals surface area contributed by atoms with Crippen molar-refractivity contribution in [1.29, 1.82) is 0 Å². The fourth-order valence-corrected chi connectivity index (χ4v) is 3.38. The second kappa shape index (κ2) is 17.5.